The number of hydrogen-bond donors (Lipinski definition) is 2. The molecule has 3 rings (SSSR count). The number of carbonyl (C=O) groups excluding carboxylic acids is 1. The fourth-order valence-corrected chi connectivity index (χ4v) is 2.96. The second-order valence-corrected chi connectivity index (χ2v) is 6.57. The van der Waals surface area contributed by atoms with Gasteiger partial charge in [0.05, 0.1) is 28.7 Å². The minimum Gasteiger partial charge on any atom is -0.507 e. The molecule has 2 aromatic carbocycles. The number of aromatic nitrogens is 2. The molecule has 1 heterocycles. The molecule has 138 valence electrons. The molecule has 27 heavy (non-hydrogen) atoms. The summed E-state index contributed by atoms with van der Waals surface area (Å²) in [6.07, 6.45) is 1.45. The van der Waals surface area contributed by atoms with Gasteiger partial charge >= 0.3 is 0 Å². The molecule has 0 fully saturated rings. The first-order chi connectivity index (χ1) is 12.9. The Kier molecular flexibility index (Phi) is 5.28. The molecule has 0 aliphatic heterocycles. The molecule has 0 saturated carbocycles. The van der Waals surface area contributed by atoms with Gasteiger partial charge in [0.2, 0.25) is 0 Å². The highest BCUT2D eigenvalue weighted by atomic mass is 35.5. The summed E-state index contributed by atoms with van der Waals surface area (Å²) >= 11 is 6.50. The molecule has 0 bridgehead atoms. The van der Waals surface area contributed by atoms with Crippen molar-refractivity contribution in [1.82, 2.24) is 15.2 Å². The monoisotopic (exact) mass is 382 g/mol. The van der Waals surface area contributed by atoms with Crippen LogP contribution < -0.4 is 5.43 Å². The molecule has 0 aliphatic rings. The van der Waals surface area contributed by atoms with E-state index in [4.69, 9.17) is 11.6 Å². The number of carbonyl (C=O) groups is 1. The van der Waals surface area contributed by atoms with Crippen LogP contribution >= 0.6 is 11.6 Å². The Morgan fingerprint density at radius 1 is 1.22 bits per heavy atom. The quantitative estimate of drug-likeness (QED) is 0.530. The number of halogens is 1. The van der Waals surface area contributed by atoms with Crippen molar-refractivity contribution in [2.75, 3.05) is 0 Å². The number of rotatable bonds is 4. The van der Waals surface area contributed by atoms with Crippen LogP contribution in [-0.2, 0) is 0 Å². The molecule has 0 unspecified atom stereocenters. The van der Waals surface area contributed by atoms with E-state index in [2.05, 4.69) is 15.6 Å². The summed E-state index contributed by atoms with van der Waals surface area (Å²) in [5.74, 6) is -0.623. The van der Waals surface area contributed by atoms with Gasteiger partial charge in [0.25, 0.3) is 5.91 Å². The number of nitrogens with zero attached hydrogens (tertiary/aromatic N) is 3. The van der Waals surface area contributed by atoms with E-state index in [9.17, 15) is 9.90 Å². The van der Waals surface area contributed by atoms with Crippen LogP contribution in [0.2, 0.25) is 5.15 Å². The minimum absolute atomic E-state index is 0.109. The highest BCUT2D eigenvalue weighted by Gasteiger charge is 2.15. The molecule has 3 aromatic rings. The van der Waals surface area contributed by atoms with Crippen molar-refractivity contribution < 1.29 is 9.90 Å². The largest absolute Gasteiger partial charge is 0.507 e. The van der Waals surface area contributed by atoms with Crippen molar-refractivity contribution in [2.24, 2.45) is 5.10 Å². The fourth-order valence-electron chi connectivity index (χ4n) is 2.65. The summed E-state index contributed by atoms with van der Waals surface area (Å²) in [5.41, 5.74) is 6.85. The maximum absolute atomic E-state index is 12.1. The number of para-hydroxylation sites is 1. The zero-order valence-electron chi connectivity index (χ0n) is 15.2. The number of nitrogens with one attached hydrogen (secondary N) is 1. The molecule has 2 N–H and O–H groups in total. The number of amides is 1. The van der Waals surface area contributed by atoms with E-state index in [0.717, 1.165) is 16.8 Å². The second kappa shape index (κ2) is 7.63. The zero-order chi connectivity index (χ0) is 19.6. The molecule has 0 atom stereocenters. The maximum Gasteiger partial charge on any atom is 0.275 e. The minimum atomic E-state index is -0.514. The number of benzene rings is 2. The number of hydrazone groups is 1. The van der Waals surface area contributed by atoms with Crippen LogP contribution in [0.25, 0.3) is 5.69 Å². The van der Waals surface area contributed by atoms with Crippen LogP contribution in [0, 0.1) is 20.8 Å². The average molecular weight is 383 g/mol. The third kappa shape index (κ3) is 3.85. The number of phenols is 1. The number of hydrogen-bond acceptors (Lipinski definition) is 4. The van der Waals surface area contributed by atoms with Crippen LogP contribution in [0.15, 0.2) is 47.6 Å². The Hall–Kier alpha value is -3.12. The van der Waals surface area contributed by atoms with Crippen LogP contribution in [0.1, 0.15) is 32.7 Å². The van der Waals surface area contributed by atoms with Crippen LogP contribution in [-0.4, -0.2) is 27.0 Å². The molecule has 0 radical (unpaired) electrons. The lowest BCUT2D eigenvalue weighted by Gasteiger charge is -2.08. The summed E-state index contributed by atoms with van der Waals surface area (Å²) in [7, 11) is 0. The summed E-state index contributed by atoms with van der Waals surface area (Å²) in [5, 5.41) is 18.6. The van der Waals surface area contributed by atoms with Gasteiger partial charge < -0.3 is 5.11 Å². The molecular formula is C20H19ClN4O2. The van der Waals surface area contributed by atoms with Gasteiger partial charge in [-0.25, -0.2) is 10.1 Å². The third-order valence-corrected chi connectivity index (χ3v) is 4.51. The van der Waals surface area contributed by atoms with E-state index in [-0.39, 0.29) is 11.3 Å². The predicted octanol–water partition coefficient (Wildman–Crippen LogP) is 3.92. The highest BCUT2D eigenvalue weighted by Crippen LogP contribution is 2.25. The summed E-state index contributed by atoms with van der Waals surface area (Å²) < 4.78 is 1.66. The van der Waals surface area contributed by atoms with Crippen molar-refractivity contribution in [3.8, 4) is 11.4 Å². The first-order valence-electron chi connectivity index (χ1n) is 8.32. The van der Waals surface area contributed by atoms with E-state index in [0.29, 0.717) is 16.4 Å². The van der Waals surface area contributed by atoms with Crippen molar-refractivity contribution in [1.29, 1.82) is 0 Å². The Bertz CT molecular complexity index is 1040. The normalized spacial score (nSPS) is 11.1. The van der Waals surface area contributed by atoms with E-state index in [1.165, 1.54) is 18.3 Å². The lowest BCUT2D eigenvalue weighted by atomic mass is 10.1. The smallest absolute Gasteiger partial charge is 0.275 e. The number of phenolic OH excluding ortho intramolecular Hbond substituents is 1. The molecule has 1 amide bonds. The first-order valence-corrected chi connectivity index (χ1v) is 8.70. The van der Waals surface area contributed by atoms with Crippen molar-refractivity contribution in [3.63, 3.8) is 0 Å². The predicted molar refractivity (Wildman–Crippen MR) is 106 cm³/mol. The average Bonchev–Trinajstić information content (AvgIpc) is 2.92. The number of aryl methyl sites for hydroxylation is 3. The lowest BCUT2D eigenvalue weighted by Crippen LogP contribution is -2.17. The van der Waals surface area contributed by atoms with Crippen molar-refractivity contribution >= 4 is 23.7 Å². The van der Waals surface area contributed by atoms with Gasteiger partial charge in [0.1, 0.15) is 10.9 Å². The van der Waals surface area contributed by atoms with Crippen molar-refractivity contribution in [3.05, 3.63) is 75.6 Å². The summed E-state index contributed by atoms with van der Waals surface area (Å²) in [4.78, 5) is 12.1. The number of aromatic hydroxyl groups is 1. The van der Waals surface area contributed by atoms with E-state index >= 15 is 0 Å². The maximum atomic E-state index is 12.1. The van der Waals surface area contributed by atoms with Gasteiger partial charge in [-0.2, -0.15) is 10.2 Å². The fraction of sp³-hybridized carbons (Fsp3) is 0.150. The second-order valence-electron chi connectivity index (χ2n) is 6.21. The van der Waals surface area contributed by atoms with Gasteiger partial charge in [-0.05, 0) is 50.1 Å². The summed E-state index contributed by atoms with van der Waals surface area (Å²) in [6, 6.07) is 12.3. The molecule has 0 saturated heterocycles. The van der Waals surface area contributed by atoms with Gasteiger partial charge in [-0.1, -0.05) is 35.9 Å². The standard InChI is InChI=1S/C20H19ClN4O2/c1-12-8-9-13(2)17(10-12)25-19(21)16(14(3)24-25)11-22-23-20(27)15-6-4-5-7-18(15)26/h4-11,26H,1-3H3,(H,23,27)/b22-11-. The van der Waals surface area contributed by atoms with Gasteiger partial charge in [0.15, 0.2) is 0 Å². The van der Waals surface area contributed by atoms with Crippen molar-refractivity contribution in [2.45, 2.75) is 20.8 Å². The van der Waals surface area contributed by atoms with E-state index in [1.807, 2.05) is 39.0 Å². The highest BCUT2D eigenvalue weighted by molar-refractivity contribution is 6.32. The summed E-state index contributed by atoms with van der Waals surface area (Å²) in [6.45, 7) is 5.81. The van der Waals surface area contributed by atoms with E-state index < -0.39 is 5.91 Å². The third-order valence-electron chi connectivity index (χ3n) is 4.15. The Labute approximate surface area is 162 Å². The Morgan fingerprint density at radius 2 is 1.96 bits per heavy atom. The Balaban J connectivity index is 1.85. The molecule has 0 spiro atoms. The van der Waals surface area contributed by atoms with Gasteiger partial charge in [0, 0.05) is 0 Å². The topological polar surface area (TPSA) is 79.5 Å². The molecule has 6 nitrogen and oxygen atoms in total. The first kappa shape index (κ1) is 18.7. The molecule has 7 heteroatoms. The van der Waals surface area contributed by atoms with Gasteiger partial charge in [-0.3, -0.25) is 4.79 Å². The van der Waals surface area contributed by atoms with Gasteiger partial charge in [-0.15, -0.1) is 0 Å². The zero-order valence-corrected chi connectivity index (χ0v) is 15.9. The molecule has 1 aromatic heterocycles. The van der Waals surface area contributed by atoms with Crippen LogP contribution in [0.3, 0.4) is 0 Å². The Morgan fingerprint density at radius 3 is 2.70 bits per heavy atom. The molecule has 0 aliphatic carbocycles. The lowest BCUT2D eigenvalue weighted by molar-refractivity contribution is 0.0952. The van der Waals surface area contributed by atoms with Crippen LogP contribution in [0.4, 0.5) is 0 Å². The van der Waals surface area contributed by atoms with E-state index in [1.54, 1.807) is 16.8 Å². The van der Waals surface area contributed by atoms with Crippen LogP contribution in [0.5, 0.6) is 5.75 Å². The SMILES string of the molecule is Cc1ccc(C)c(-n2nc(C)c(/C=N\NC(=O)c3ccccc3O)c2Cl)c1. The molecular weight excluding hydrogens is 364 g/mol.